The largest absolute Gasteiger partial charge is 0.378 e. The van der Waals surface area contributed by atoms with Crippen LogP contribution in [0.3, 0.4) is 0 Å². The van der Waals surface area contributed by atoms with Crippen LogP contribution in [0.15, 0.2) is 22.7 Å². The second-order valence-corrected chi connectivity index (χ2v) is 9.43. The second kappa shape index (κ2) is 11.2. The average Bonchev–Trinajstić information content (AvgIpc) is 3.18. The molecule has 9 nitrogen and oxygen atoms in total. The van der Waals surface area contributed by atoms with Crippen molar-refractivity contribution >= 4 is 34.8 Å². The van der Waals surface area contributed by atoms with Crippen LogP contribution in [0.2, 0.25) is 5.02 Å². The first-order chi connectivity index (χ1) is 16.4. The fourth-order valence-electron chi connectivity index (χ4n) is 4.75. The molecule has 1 aromatic carbocycles. The average molecular weight is 490 g/mol. The summed E-state index contributed by atoms with van der Waals surface area (Å²) >= 11 is 6.19. The molecule has 2 aromatic rings. The molecule has 2 fully saturated rings. The van der Waals surface area contributed by atoms with Gasteiger partial charge in [0, 0.05) is 37.9 Å². The SMILES string of the molecule is CC(=O)NC1(c2noc(CCC(=O)Nc3cc(Cl)ccc3N3CCOCC3)n2)CCCCCC1. The van der Waals surface area contributed by atoms with Gasteiger partial charge >= 0.3 is 0 Å². The first-order valence-electron chi connectivity index (χ1n) is 12.0. The summed E-state index contributed by atoms with van der Waals surface area (Å²) in [6, 6.07) is 5.50. The highest BCUT2D eigenvalue weighted by Crippen LogP contribution is 2.35. The van der Waals surface area contributed by atoms with Crippen molar-refractivity contribution in [3.8, 4) is 0 Å². The van der Waals surface area contributed by atoms with Crippen molar-refractivity contribution in [1.82, 2.24) is 15.5 Å². The fourth-order valence-corrected chi connectivity index (χ4v) is 4.92. The van der Waals surface area contributed by atoms with Crippen molar-refractivity contribution in [3.63, 3.8) is 0 Å². The minimum absolute atomic E-state index is 0.106. The minimum atomic E-state index is -0.597. The van der Waals surface area contributed by atoms with E-state index < -0.39 is 5.54 Å². The number of halogens is 1. The fraction of sp³-hybridized carbons (Fsp3) is 0.583. The first kappa shape index (κ1) is 24.5. The van der Waals surface area contributed by atoms with E-state index in [9.17, 15) is 9.59 Å². The topological polar surface area (TPSA) is 110 Å². The molecule has 0 radical (unpaired) electrons. The van der Waals surface area contributed by atoms with Crippen molar-refractivity contribution in [1.29, 1.82) is 0 Å². The predicted molar refractivity (Wildman–Crippen MR) is 129 cm³/mol. The number of ether oxygens (including phenoxy) is 1. The summed E-state index contributed by atoms with van der Waals surface area (Å²) in [6.45, 7) is 4.32. The lowest BCUT2D eigenvalue weighted by Crippen LogP contribution is -2.45. The summed E-state index contributed by atoms with van der Waals surface area (Å²) in [4.78, 5) is 31.4. The molecule has 0 atom stereocenters. The molecule has 2 N–H and O–H groups in total. The molecule has 4 rings (SSSR count). The third-order valence-corrected chi connectivity index (χ3v) is 6.65. The molecule has 2 amide bonds. The van der Waals surface area contributed by atoms with Gasteiger partial charge < -0.3 is 24.8 Å². The molecule has 10 heteroatoms. The zero-order chi connectivity index (χ0) is 24.0. The Labute approximate surface area is 204 Å². The van der Waals surface area contributed by atoms with Crippen LogP contribution in [0.25, 0.3) is 0 Å². The zero-order valence-corrected chi connectivity index (χ0v) is 20.3. The highest BCUT2D eigenvalue weighted by molar-refractivity contribution is 6.31. The maximum atomic E-state index is 12.8. The monoisotopic (exact) mass is 489 g/mol. The number of amides is 2. The van der Waals surface area contributed by atoms with E-state index in [0.29, 0.717) is 42.1 Å². The molecule has 0 unspecified atom stereocenters. The molecule has 1 aromatic heterocycles. The summed E-state index contributed by atoms with van der Waals surface area (Å²) in [5.74, 6) is 0.621. The molecule has 0 bridgehead atoms. The molecular weight excluding hydrogens is 458 g/mol. The van der Waals surface area contributed by atoms with Crippen LogP contribution in [-0.4, -0.2) is 48.3 Å². The number of morpholine rings is 1. The van der Waals surface area contributed by atoms with Gasteiger partial charge in [-0.15, -0.1) is 0 Å². The van der Waals surface area contributed by atoms with Crippen molar-refractivity contribution in [2.24, 2.45) is 0 Å². The van der Waals surface area contributed by atoms with Crippen molar-refractivity contribution in [2.45, 2.75) is 63.8 Å². The van der Waals surface area contributed by atoms with Crippen LogP contribution >= 0.6 is 11.6 Å². The number of carbonyl (C=O) groups excluding carboxylic acids is 2. The maximum Gasteiger partial charge on any atom is 0.227 e. The van der Waals surface area contributed by atoms with Crippen LogP contribution in [0.5, 0.6) is 0 Å². The van der Waals surface area contributed by atoms with Crippen LogP contribution in [0, 0.1) is 0 Å². The third-order valence-electron chi connectivity index (χ3n) is 6.42. The molecular formula is C24H32ClN5O4. The number of rotatable bonds is 7. The molecule has 34 heavy (non-hydrogen) atoms. The van der Waals surface area contributed by atoms with Crippen LogP contribution in [-0.2, 0) is 26.3 Å². The number of nitrogens with zero attached hydrogens (tertiary/aromatic N) is 3. The van der Waals surface area contributed by atoms with E-state index in [1.807, 2.05) is 12.1 Å². The molecule has 1 aliphatic heterocycles. The van der Waals surface area contributed by atoms with Gasteiger partial charge in [-0.2, -0.15) is 4.98 Å². The molecule has 1 saturated carbocycles. The number of anilines is 2. The Morgan fingerprint density at radius 1 is 1.15 bits per heavy atom. The van der Waals surface area contributed by atoms with Crippen LogP contribution in [0.1, 0.15) is 63.6 Å². The second-order valence-electron chi connectivity index (χ2n) is 9.00. The van der Waals surface area contributed by atoms with E-state index in [2.05, 4.69) is 25.7 Å². The Morgan fingerprint density at radius 2 is 1.88 bits per heavy atom. The van der Waals surface area contributed by atoms with Gasteiger partial charge in [-0.1, -0.05) is 42.4 Å². The molecule has 1 aliphatic carbocycles. The van der Waals surface area contributed by atoms with Gasteiger partial charge in [-0.25, -0.2) is 0 Å². The van der Waals surface area contributed by atoms with Gasteiger partial charge in [0.15, 0.2) is 5.82 Å². The third kappa shape index (κ3) is 6.07. The number of aromatic nitrogens is 2. The van der Waals surface area contributed by atoms with E-state index in [-0.39, 0.29) is 18.2 Å². The van der Waals surface area contributed by atoms with Crippen molar-refractivity contribution in [2.75, 3.05) is 36.5 Å². The summed E-state index contributed by atoms with van der Waals surface area (Å²) in [7, 11) is 0. The van der Waals surface area contributed by atoms with Gasteiger partial charge in [0.2, 0.25) is 17.7 Å². The molecule has 1 saturated heterocycles. The number of aryl methyl sites for hydroxylation is 1. The van der Waals surface area contributed by atoms with Crippen molar-refractivity contribution < 1.29 is 18.8 Å². The number of carbonyl (C=O) groups is 2. The maximum absolute atomic E-state index is 12.8. The number of hydrogen-bond donors (Lipinski definition) is 2. The molecule has 2 heterocycles. The Morgan fingerprint density at radius 3 is 2.59 bits per heavy atom. The summed E-state index contributed by atoms with van der Waals surface area (Å²) in [5, 5.41) is 10.8. The van der Waals surface area contributed by atoms with Crippen LogP contribution < -0.4 is 15.5 Å². The quantitative estimate of drug-likeness (QED) is 0.569. The lowest BCUT2D eigenvalue weighted by atomic mass is 9.89. The number of hydrogen-bond acceptors (Lipinski definition) is 7. The first-order valence-corrected chi connectivity index (χ1v) is 12.4. The Kier molecular flexibility index (Phi) is 8.05. The summed E-state index contributed by atoms with van der Waals surface area (Å²) in [6.07, 6.45) is 6.31. The summed E-state index contributed by atoms with van der Waals surface area (Å²) < 4.78 is 10.9. The zero-order valence-electron chi connectivity index (χ0n) is 19.6. The Bertz CT molecular complexity index is 997. The standard InChI is InChI=1S/C24H32ClN5O4/c1-17(31)28-24(10-4-2-3-5-11-24)23-27-22(34-29-23)9-8-21(32)26-19-16-18(25)6-7-20(19)30-12-14-33-15-13-30/h6-7,16H,2-5,8-15H2,1H3,(H,26,32)(H,28,31). The van der Waals surface area contributed by atoms with Gasteiger partial charge in [0.1, 0.15) is 5.54 Å². The number of benzene rings is 1. The Hall–Kier alpha value is -2.65. The van der Waals surface area contributed by atoms with Gasteiger partial charge in [-0.3, -0.25) is 9.59 Å². The van der Waals surface area contributed by atoms with E-state index in [1.54, 1.807) is 6.07 Å². The van der Waals surface area contributed by atoms with Gasteiger partial charge in [-0.05, 0) is 31.0 Å². The molecule has 184 valence electrons. The highest BCUT2D eigenvalue weighted by Gasteiger charge is 2.38. The smallest absolute Gasteiger partial charge is 0.227 e. The van der Waals surface area contributed by atoms with E-state index in [0.717, 1.165) is 57.3 Å². The lowest BCUT2D eigenvalue weighted by Gasteiger charge is -2.30. The molecule has 2 aliphatic rings. The molecule has 0 spiro atoms. The predicted octanol–water partition coefficient (Wildman–Crippen LogP) is 3.82. The van der Waals surface area contributed by atoms with E-state index in [4.69, 9.17) is 20.9 Å². The lowest BCUT2D eigenvalue weighted by molar-refractivity contribution is -0.121. The van der Waals surface area contributed by atoms with Crippen molar-refractivity contribution in [3.05, 3.63) is 34.9 Å². The minimum Gasteiger partial charge on any atom is -0.378 e. The normalized spacial score (nSPS) is 18.2. The van der Waals surface area contributed by atoms with E-state index in [1.165, 1.54) is 6.92 Å². The highest BCUT2D eigenvalue weighted by atomic mass is 35.5. The van der Waals surface area contributed by atoms with Gasteiger partial charge in [0.25, 0.3) is 0 Å². The Balaban J connectivity index is 1.40. The van der Waals surface area contributed by atoms with Crippen LogP contribution in [0.4, 0.5) is 11.4 Å². The number of nitrogens with one attached hydrogen (secondary N) is 2. The van der Waals surface area contributed by atoms with Gasteiger partial charge in [0.05, 0.1) is 24.6 Å². The summed E-state index contributed by atoms with van der Waals surface area (Å²) in [5.41, 5.74) is 1.00. The van der Waals surface area contributed by atoms with E-state index >= 15 is 0 Å².